The van der Waals surface area contributed by atoms with E-state index in [-0.39, 0.29) is 11.9 Å². The molecular formula is C18H18BrN5O. The van der Waals surface area contributed by atoms with Gasteiger partial charge in [0, 0.05) is 46.9 Å². The third-order valence-electron chi connectivity index (χ3n) is 4.49. The van der Waals surface area contributed by atoms with Gasteiger partial charge in [0.1, 0.15) is 5.69 Å². The number of hydrogen-bond donors (Lipinski definition) is 2. The minimum atomic E-state index is -0.0540. The molecule has 1 aromatic carbocycles. The summed E-state index contributed by atoms with van der Waals surface area (Å²) in [6.45, 7) is 1.68. The summed E-state index contributed by atoms with van der Waals surface area (Å²) in [5.74, 6) is 0.704. The summed E-state index contributed by atoms with van der Waals surface area (Å²) >= 11 is 3.45. The fourth-order valence-electron chi connectivity index (χ4n) is 3.17. The van der Waals surface area contributed by atoms with Gasteiger partial charge in [0.15, 0.2) is 0 Å². The van der Waals surface area contributed by atoms with Gasteiger partial charge in [-0.05, 0) is 43.2 Å². The van der Waals surface area contributed by atoms with E-state index in [1.807, 2.05) is 30.3 Å². The maximum absolute atomic E-state index is 12.5. The lowest BCUT2D eigenvalue weighted by atomic mass is 10.1. The Morgan fingerprint density at radius 1 is 1.20 bits per heavy atom. The second kappa shape index (κ2) is 6.84. The number of H-pyrrole nitrogens is 1. The van der Waals surface area contributed by atoms with Gasteiger partial charge >= 0.3 is 0 Å². The van der Waals surface area contributed by atoms with Crippen LogP contribution in [0.15, 0.2) is 47.2 Å². The van der Waals surface area contributed by atoms with Gasteiger partial charge in [-0.2, -0.15) is 0 Å². The number of aromatic nitrogens is 3. The molecule has 7 heteroatoms. The number of benzene rings is 1. The summed E-state index contributed by atoms with van der Waals surface area (Å²) in [5.41, 5.74) is 1.56. The van der Waals surface area contributed by atoms with Crippen molar-refractivity contribution in [3.63, 3.8) is 0 Å². The monoisotopic (exact) mass is 399 g/mol. The molecule has 1 aliphatic heterocycles. The zero-order valence-corrected chi connectivity index (χ0v) is 15.2. The molecule has 0 saturated carbocycles. The highest BCUT2D eigenvalue weighted by molar-refractivity contribution is 9.10. The van der Waals surface area contributed by atoms with Crippen molar-refractivity contribution in [2.45, 2.75) is 18.9 Å². The Kier molecular flexibility index (Phi) is 4.40. The largest absolute Gasteiger partial charge is 0.351 e. The molecule has 1 fully saturated rings. The number of rotatable bonds is 3. The molecule has 6 nitrogen and oxygen atoms in total. The highest BCUT2D eigenvalue weighted by atomic mass is 79.9. The first-order chi connectivity index (χ1) is 12.2. The van der Waals surface area contributed by atoms with Gasteiger partial charge in [-0.25, -0.2) is 9.97 Å². The van der Waals surface area contributed by atoms with Crippen LogP contribution in [0.25, 0.3) is 10.9 Å². The number of carbonyl (C=O) groups is 1. The lowest BCUT2D eigenvalue weighted by Gasteiger charge is -2.32. The first kappa shape index (κ1) is 16.1. The molecule has 3 aromatic rings. The molecule has 0 unspecified atom stereocenters. The molecule has 1 amide bonds. The van der Waals surface area contributed by atoms with Gasteiger partial charge in [-0.15, -0.1) is 0 Å². The van der Waals surface area contributed by atoms with Crippen molar-refractivity contribution in [2.75, 3.05) is 18.0 Å². The minimum absolute atomic E-state index is 0.0540. The molecular weight excluding hydrogens is 382 g/mol. The van der Waals surface area contributed by atoms with Crippen LogP contribution in [0, 0.1) is 0 Å². The molecule has 25 heavy (non-hydrogen) atoms. The van der Waals surface area contributed by atoms with Crippen LogP contribution < -0.4 is 10.2 Å². The Labute approximate surface area is 153 Å². The minimum Gasteiger partial charge on any atom is -0.351 e. The Hall–Kier alpha value is -2.41. The predicted molar refractivity (Wildman–Crippen MR) is 101 cm³/mol. The van der Waals surface area contributed by atoms with E-state index in [0.29, 0.717) is 5.69 Å². The number of halogens is 1. The SMILES string of the molecule is O=C(NC1CCN(c2ncccn2)CC1)c1cc2cc(Br)ccc2[nH]1. The number of fused-ring (bicyclic) bond motifs is 1. The highest BCUT2D eigenvalue weighted by Crippen LogP contribution is 2.21. The summed E-state index contributed by atoms with van der Waals surface area (Å²) in [4.78, 5) is 26.4. The molecule has 0 spiro atoms. The van der Waals surface area contributed by atoms with E-state index < -0.39 is 0 Å². The van der Waals surface area contributed by atoms with Crippen LogP contribution in [0.4, 0.5) is 5.95 Å². The third kappa shape index (κ3) is 3.51. The van der Waals surface area contributed by atoms with E-state index in [1.54, 1.807) is 12.4 Å². The zero-order chi connectivity index (χ0) is 17.2. The van der Waals surface area contributed by atoms with E-state index in [1.165, 1.54) is 0 Å². The Morgan fingerprint density at radius 2 is 1.96 bits per heavy atom. The summed E-state index contributed by atoms with van der Waals surface area (Å²) < 4.78 is 1.00. The van der Waals surface area contributed by atoms with Crippen molar-refractivity contribution in [3.05, 3.63) is 52.9 Å². The first-order valence-electron chi connectivity index (χ1n) is 8.30. The Balaban J connectivity index is 1.38. The van der Waals surface area contributed by atoms with Crippen LogP contribution in [-0.2, 0) is 0 Å². The number of anilines is 1. The van der Waals surface area contributed by atoms with E-state index in [9.17, 15) is 4.79 Å². The van der Waals surface area contributed by atoms with Crippen LogP contribution in [0.5, 0.6) is 0 Å². The number of aromatic amines is 1. The predicted octanol–water partition coefficient (Wildman–Crippen LogP) is 3.12. The Bertz CT molecular complexity index is 887. The van der Waals surface area contributed by atoms with E-state index in [2.05, 4.69) is 41.1 Å². The van der Waals surface area contributed by atoms with Gasteiger partial charge in [-0.1, -0.05) is 15.9 Å². The average molecular weight is 400 g/mol. The molecule has 3 heterocycles. The van der Waals surface area contributed by atoms with Crippen LogP contribution >= 0.6 is 15.9 Å². The van der Waals surface area contributed by atoms with Gasteiger partial charge < -0.3 is 15.2 Å². The molecule has 2 aromatic heterocycles. The molecule has 0 radical (unpaired) electrons. The van der Waals surface area contributed by atoms with Crippen LogP contribution in [-0.4, -0.2) is 40.0 Å². The second-order valence-corrected chi connectivity index (χ2v) is 7.11. The summed E-state index contributed by atoms with van der Waals surface area (Å²) in [5, 5.41) is 4.16. The standard InChI is InChI=1S/C18H18BrN5O/c19-13-2-3-15-12(10-13)11-16(23-15)17(25)22-14-4-8-24(9-5-14)18-20-6-1-7-21-18/h1-3,6-7,10-11,14,23H,4-5,8-9H2,(H,22,25). The third-order valence-corrected chi connectivity index (χ3v) is 4.99. The molecule has 1 saturated heterocycles. The van der Waals surface area contributed by atoms with E-state index in [4.69, 9.17) is 0 Å². The smallest absolute Gasteiger partial charge is 0.267 e. The maximum atomic E-state index is 12.5. The van der Waals surface area contributed by atoms with Crippen molar-refractivity contribution in [1.29, 1.82) is 0 Å². The number of piperidine rings is 1. The summed E-state index contributed by atoms with van der Waals surface area (Å²) in [7, 11) is 0. The molecule has 2 N–H and O–H groups in total. The topological polar surface area (TPSA) is 73.9 Å². The van der Waals surface area contributed by atoms with Gasteiger partial charge in [0.2, 0.25) is 5.95 Å². The maximum Gasteiger partial charge on any atom is 0.267 e. The molecule has 4 rings (SSSR count). The Morgan fingerprint density at radius 3 is 2.72 bits per heavy atom. The lowest BCUT2D eigenvalue weighted by Crippen LogP contribution is -2.45. The number of nitrogens with zero attached hydrogens (tertiary/aromatic N) is 3. The van der Waals surface area contributed by atoms with Crippen molar-refractivity contribution < 1.29 is 4.79 Å². The van der Waals surface area contributed by atoms with Crippen molar-refractivity contribution in [1.82, 2.24) is 20.3 Å². The number of nitrogens with one attached hydrogen (secondary N) is 2. The van der Waals surface area contributed by atoms with Gasteiger partial charge in [-0.3, -0.25) is 4.79 Å². The zero-order valence-electron chi connectivity index (χ0n) is 13.6. The number of amides is 1. The molecule has 0 bridgehead atoms. The molecule has 0 atom stereocenters. The van der Waals surface area contributed by atoms with Gasteiger partial charge in [0.25, 0.3) is 5.91 Å². The van der Waals surface area contributed by atoms with Crippen molar-refractivity contribution >= 4 is 38.7 Å². The van der Waals surface area contributed by atoms with Crippen molar-refractivity contribution in [3.8, 4) is 0 Å². The summed E-state index contributed by atoms with van der Waals surface area (Å²) in [6, 6.07) is 9.81. The average Bonchev–Trinajstić information content (AvgIpc) is 3.06. The first-order valence-corrected chi connectivity index (χ1v) is 9.09. The van der Waals surface area contributed by atoms with E-state index >= 15 is 0 Å². The highest BCUT2D eigenvalue weighted by Gasteiger charge is 2.23. The van der Waals surface area contributed by atoms with E-state index in [0.717, 1.165) is 47.3 Å². The van der Waals surface area contributed by atoms with Crippen LogP contribution in [0.2, 0.25) is 0 Å². The molecule has 1 aliphatic rings. The fourth-order valence-corrected chi connectivity index (χ4v) is 3.55. The molecule has 0 aliphatic carbocycles. The van der Waals surface area contributed by atoms with Crippen molar-refractivity contribution in [2.24, 2.45) is 0 Å². The lowest BCUT2D eigenvalue weighted by molar-refractivity contribution is 0.0927. The fraction of sp³-hybridized carbons (Fsp3) is 0.278. The second-order valence-electron chi connectivity index (χ2n) is 6.20. The number of carbonyl (C=O) groups excluding carboxylic acids is 1. The van der Waals surface area contributed by atoms with Crippen LogP contribution in [0.1, 0.15) is 23.3 Å². The van der Waals surface area contributed by atoms with Gasteiger partial charge in [0.05, 0.1) is 0 Å². The number of hydrogen-bond acceptors (Lipinski definition) is 4. The normalized spacial score (nSPS) is 15.5. The molecule has 128 valence electrons. The van der Waals surface area contributed by atoms with Crippen LogP contribution in [0.3, 0.4) is 0 Å². The quantitative estimate of drug-likeness (QED) is 0.709. The summed E-state index contributed by atoms with van der Waals surface area (Å²) in [6.07, 6.45) is 5.28.